The Morgan fingerprint density at radius 2 is 2.05 bits per heavy atom. The van der Waals surface area contributed by atoms with E-state index in [1.165, 1.54) is 49.8 Å². The predicted molar refractivity (Wildman–Crippen MR) is 82.6 cm³/mol. The molecular weight excluding hydrogens is 246 g/mol. The van der Waals surface area contributed by atoms with Gasteiger partial charge in [-0.15, -0.1) is 0 Å². The highest BCUT2D eigenvalue weighted by atomic mass is 15.2. The molecule has 3 heteroatoms. The molecule has 0 spiro atoms. The third-order valence-corrected chi connectivity index (χ3v) is 5.06. The second-order valence-electron chi connectivity index (χ2n) is 6.48. The second-order valence-corrected chi connectivity index (χ2v) is 6.48. The third-order valence-electron chi connectivity index (χ3n) is 5.06. The molecule has 1 N–H and O–H groups in total. The highest BCUT2D eigenvalue weighted by molar-refractivity contribution is 5.22. The smallest absolute Gasteiger partial charge is 0.0300 e. The van der Waals surface area contributed by atoms with Crippen molar-refractivity contribution in [2.24, 2.45) is 0 Å². The first-order chi connectivity index (χ1) is 9.78. The first kappa shape index (κ1) is 14.0. The van der Waals surface area contributed by atoms with E-state index in [4.69, 9.17) is 0 Å². The van der Waals surface area contributed by atoms with Crippen LogP contribution in [-0.4, -0.2) is 34.6 Å². The average Bonchev–Trinajstić information content (AvgIpc) is 2.70. The van der Waals surface area contributed by atoms with E-state index in [9.17, 15) is 0 Å². The molecule has 2 unspecified atom stereocenters. The Labute approximate surface area is 122 Å². The van der Waals surface area contributed by atoms with Gasteiger partial charge in [0.15, 0.2) is 0 Å². The molecule has 3 rings (SSSR count). The first-order valence-electron chi connectivity index (χ1n) is 8.16. The van der Waals surface area contributed by atoms with Crippen molar-refractivity contribution in [3.8, 4) is 0 Å². The summed E-state index contributed by atoms with van der Waals surface area (Å²) in [6.07, 6.45) is 10.6. The van der Waals surface area contributed by atoms with Gasteiger partial charge < -0.3 is 5.32 Å². The quantitative estimate of drug-likeness (QED) is 0.894. The number of nitrogens with zero attached hydrogens (tertiary/aromatic N) is 2. The molecule has 2 fully saturated rings. The van der Waals surface area contributed by atoms with Crippen LogP contribution in [0.5, 0.6) is 0 Å². The Morgan fingerprint density at radius 3 is 2.70 bits per heavy atom. The summed E-state index contributed by atoms with van der Waals surface area (Å²) in [5, 5.41) is 3.73. The maximum atomic E-state index is 4.21. The minimum atomic E-state index is 0.752. The fourth-order valence-corrected chi connectivity index (χ4v) is 3.92. The molecule has 0 radical (unpaired) electrons. The molecule has 3 nitrogen and oxygen atoms in total. The zero-order valence-electron chi connectivity index (χ0n) is 12.8. The summed E-state index contributed by atoms with van der Waals surface area (Å²) in [4.78, 5) is 6.97. The van der Waals surface area contributed by atoms with E-state index in [0.717, 1.165) is 24.7 Å². The predicted octanol–water partition coefficient (Wildman–Crippen LogP) is 2.89. The lowest BCUT2D eigenvalue weighted by atomic mass is 9.96. The van der Waals surface area contributed by atoms with Crippen molar-refractivity contribution in [2.45, 2.75) is 70.6 Å². The lowest BCUT2D eigenvalue weighted by molar-refractivity contribution is 0.109. The molecule has 20 heavy (non-hydrogen) atoms. The average molecular weight is 273 g/mol. The summed E-state index contributed by atoms with van der Waals surface area (Å²) in [6, 6.07) is 4.52. The minimum Gasteiger partial charge on any atom is -0.314 e. The normalized spacial score (nSPS) is 29.8. The van der Waals surface area contributed by atoms with Crippen molar-refractivity contribution in [2.75, 3.05) is 6.54 Å². The molecule has 2 aliphatic heterocycles. The molecule has 0 saturated carbocycles. The molecule has 2 bridgehead atoms. The molecule has 2 saturated heterocycles. The highest BCUT2D eigenvalue weighted by Gasteiger charge is 2.40. The van der Waals surface area contributed by atoms with Gasteiger partial charge in [-0.25, -0.2) is 0 Å². The Balaban J connectivity index is 1.64. The number of hydrogen-bond donors (Lipinski definition) is 1. The molecule has 3 heterocycles. The van der Waals surface area contributed by atoms with Crippen molar-refractivity contribution in [1.82, 2.24) is 15.2 Å². The van der Waals surface area contributed by atoms with Gasteiger partial charge in [-0.2, -0.15) is 0 Å². The van der Waals surface area contributed by atoms with Gasteiger partial charge in [-0.05, 0) is 62.8 Å². The van der Waals surface area contributed by atoms with Crippen LogP contribution in [0.25, 0.3) is 0 Å². The van der Waals surface area contributed by atoms with E-state index in [0.29, 0.717) is 0 Å². The Morgan fingerprint density at radius 1 is 1.30 bits per heavy atom. The van der Waals surface area contributed by atoms with Gasteiger partial charge in [0.05, 0.1) is 0 Å². The van der Waals surface area contributed by atoms with E-state index in [1.807, 2.05) is 12.4 Å². The van der Waals surface area contributed by atoms with E-state index >= 15 is 0 Å². The van der Waals surface area contributed by atoms with Gasteiger partial charge >= 0.3 is 0 Å². The van der Waals surface area contributed by atoms with Crippen LogP contribution in [0, 0.1) is 6.92 Å². The fraction of sp³-hybridized carbons (Fsp3) is 0.706. The standard InChI is InChI=1S/C17H27N3/c1-3-7-19-15-9-16-4-5-17(10-15)20(16)12-14-6-8-18-11-13(14)2/h6,8,11,15-17,19H,3-5,7,9-10,12H2,1-2H3. The monoisotopic (exact) mass is 273 g/mol. The number of aromatic nitrogens is 1. The van der Waals surface area contributed by atoms with E-state index in [1.54, 1.807) is 0 Å². The lowest BCUT2D eigenvalue weighted by Gasteiger charge is -2.39. The molecular formula is C17H27N3. The van der Waals surface area contributed by atoms with Crippen LogP contribution in [0.1, 0.15) is 50.2 Å². The number of hydrogen-bond acceptors (Lipinski definition) is 3. The fourth-order valence-electron chi connectivity index (χ4n) is 3.92. The SMILES string of the molecule is CCCNC1CC2CCC(C1)N2Cc1ccncc1C. The number of pyridine rings is 1. The van der Waals surface area contributed by atoms with Gasteiger partial charge in [0.1, 0.15) is 0 Å². The first-order valence-corrected chi connectivity index (χ1v) is 8.16. The van der Waals surface area contributed by atoms with Crippen LogP contribution < -0.4 is 5.32 Å². The largest absolute Gasteiger partial charge is 0.314 e. The van der Waals surface area contributed by atoms with Gasteiger partial charge in [-0.3, -0.25) is 9.88 Å². The van der Waals surface area contributed by atoms with Crippen LogP contribution in [0.15, 0.2) is 18.5 Å². The number of aryl methyl sites for hydroxylation is 1. The molecule has 2 aliphatic rings. The maximum absolute atomic E-state index is 4.21. The molecule has 1 aromatic rings. The maximum Gasteiger partial charge on any atom is 0.0300 e. The number of nitrogens with one attached hydrogen (secondary N) is 1. The minimum absolute atomic E-state index is 0.752. The van der Waals surface area contributed by atoms with Crippen molar-refractivity contribution in [3.05, 3.63) is 29.6 Å². The molecule has 1 aromatic heterocycles. The van der Waals surface area contributed by atoms with Crippen LogP contribution in [0.2, 0.25) is 0 Å². The summed E-state index contributed by atoms with van der Waals surface area (Å²) in [7, 11) is 0. The van der Waals surface area contributed by atoms with Gasteiger partial charge in [0.2, 0.25) is 0 Å². The molecule has 110 valence electrons. The third kappa shape index (κ3) is 2.89. The summed E-state index contributed by atoms with van der Waals surface area (Å²) in [5.41, 5.74) is 2.79. The van der Waals surface area contributed by atoms with Gasteiger partial charge in [0.25, 0.3) is 0 Å². The van der Waals surface area contributed by atoms with Crippen molar-refractivity contribution < 1.29 is 0 Å². The lowest BCUT2D eigenvalue weighted by Crippen LogP contribution is -2.48. The Kier molecular flexibility index (Phi) is 4.37. The summed E-state index contributed by atoms with van der Waals surface area (Å²) in [6.45, 7) is 6.72. The zero-order chi connectivity index (χ0) is 13.9. The van der Waals surface area contributed by atoms with Crippen LogP contribution in [0.4, 0.5) is 0 Å². The molecule has 0 aliphatic carbocycles. The van der Waals surface area contributed by atoms with Gasteiger partial charge in [0, 0.05) is 37.1 Å². The summed E-state index contributed by atoms with van der Waals surface area (Å²) in [5.74, 6) is 0. The Hall–Kier alpha value is -0.930. The summed E-state index contributed by atoms with van der Waals surface area (Å²) >= 11 is 0. The number of fused-ring (bicyclic) bond motifs is 2. The number of rotatable bonds is 5. The second kappa shape index (κ2) is 6.23. The topological polar surface area (TPSA) is 28.2 Å². The molecule has 2 atom stereocenters. The number of piperidine rings is 1. The Bertz CT molecular complexity index is 432. The van der Waals surface area contributed by atoms with Crippen molar-refractivity contribution in [1.29, 1.82) is 0 Å². The van der Waals surface area contributed by atoms with Crippen LogP contribution in [0.3, 0.4) is 0 Å². The van der Waals surface area contributed by atoms with Crippen molar-refractivity contribution in [3.63, 3.8) is 0 Å². The zero-order valence-corrected chi connectivity index (χ0v) is 12.8. The highest BCUT2D eigenvalue weighted by Crippen LogP contribution is 2.37. The van der Waals surface area contributed by atoms with E-state index < -0.39 is 0 Å². The van der Waals surface area contributed by atoms with E-state index in [-0.39, 0.29) is 0 Å². The van der Waals surface area contributed by atoms with Crippen molar-refractivity contribution >= 4 is 0 Å². The van der Waals surface area contributed by atoms with E-state index in [2.05, 4.69) is 35.1 Å². The summed E-state index contributed by atoms with van der Waals surface area (Å²) < 4.78 is 0. The van der Waals surface area contributed by atoms with Crippen LogP contribution in [-0.2, 0) is 6.54 Å². The van der Waals surface area contributed by atoms with Gasteiger partial charge in [-0.1, -0.05) is 6.92 Å². The van der Waals surface area contributed by atoms with Crippen LogP contribution >= 0.6 is 0 Å². The molecule has 0 amide bonds. The molecule has 0 aromatic carbocycles.